The highest BCUT2D eigenvalue weighted by molar-refractivity contribution is 5.75. The summed E-state index contributed by atoms with van der Waals surface area (Å²) < 4.78 is 0. The lowest BCUT2D eigenvalue weighted by Crippen LogP contribution is -2.61. The molecule has 0 bridgehead atoms. The van der Waals surface area contributed by atoms with Crippen molar-refractivity contribution in [3.63, 3.8) is 0 Å². The zero-order chi connectivity index (χ0) is 7.90. The van der Waals surface area contributed by atoms with Gasteiger partial charge in [-0.15, -0.1) is 0 Å². The monoisotopic (exact) mass is 156 g/mol. The number of hydrogen-bond donors (Lipinski definition) is 3. The Hall–Kier alpha value is -0.610. The molecule has 2 aliphatic rings. The average molecular weight is 156 g/mol. The molecule has 2 fully saturated rings. The van der Waals surface area contributed by atoms with Crippen molar-refractivity contribution >= 4 is 5.97 Å². The molecule has 1 atom stereocenters. The van der Waals surface area contributed by atoms with E-state index in [0.29, 0.717) is 0 Å². The van der Waals surface area contributed by atoms with E-state index in [1.165, 1.54) is 0 Å². The second kappa shape index (κ2) is 2.19. The number of aliphatic carboxylic acids is 1. The van der Waals surface area contributed by atoms with Gasteiger partial charge in [-0.05, 0) is 13.0 Å². The van der Waals surface area contributed by atoms with Crippen molar-refractivity contribution in [2.45, 2.75) is 12.5 Å². The highest BCUT2D eigenvalue weighted by atomic mass is 16.4. The number of carboxylic acid groups (broad SMARTS) is 1. The number of carboxylic acids is 1. The first-order chi connectivity index (χ1) is 5.25. The van der Waals surface area contributed by atoms with Crippen LogP contribution in [0.2, 0.25) is 0 Å². The summed E-state index contributed by atoms with van der Waals surface area (Å²) in [6, 6.07) is -0.316. The zero-order valence-corrected chi connectivity index (χ0v) is 6.26. The van der Waals surface area contributed by atoms with Gasteiger partial charge >= 0.3 is 5.97 Å². The minimum absolute atomic E-state index is 0.0336. The van der Waals surface area contributed by atoms with Gasteiger partial charge in [-0.1, -0.05) is 0 Å². The number of rotatable bonds is 1. The first-order valence-electron chi connectivity index (χ1n) is 3.92. The maximum absolute atomic E-state index is 10.7. The zero-order valence-electron chi connectivity index (χ0n) is 6.26. The smallest absolute Gasteiger partial charge is 0.321 e. The van der Waals surface area contributed by atoms with Crippen molar-refractivity contribution in [3.05, 3.63) is 0 Å². The third-order valence-electron chi connectivity index (χ3n) is 2.78. The van der Waals surface area contributed by atoms with Crippen molar-refractivity contribution in [3.8, 4) is 0 Å². The van der Waals surface area contributed by atoms with Gasteiger partial charge in [-0.25, -0.2) is 0 Å². The summed E-state index contributed by atoms with van der Waals surface area (Å²) in [7, 11) is 0. The molecule has 0 aromatic heterocycles. The molecule has 0 aromatic carbocycles. The van der Waals surface area contributed by atoms with E-state index in [0.717, 1.165) is 26.1 Å². The fourth-order valence-corrected chi connectivity index (χ4v) is 2.00. The molecule has 0 aromatic rings. The standard InChI is InChI=1S/C7H12N2O2/c10-6(11)5-7(1-2-9-5)3-8-4-7/h5,8-9H,1-4H2,(H,10,11). The minimum Gasteiger partial charge on any atom is -0.480 e. The van der Waals surface area contributed by atoms with Gasteiger partial charge in [-0.3, -0.25) is 4.79 Å². The van der Waals surface area contributed by atoms with E-state index in [1.54, 1.807) is 0 Å². The number of nitrogens with one attached hydrogen (secondary N) is 2. The molecule has 4 nitrogen and oxygen atoms in total. The van der Waals surface area contributed by atoms with Crippen molar-refractivity contribution < 1.29 is 9.90 Å². The molecule has 11 heavy (non-hydrogen) atoms. The predicted molar refractivity (Wildman–Crippen MR) is 39.3 cm³/mol. The average Bonchev–Trinajstić information content (AvgIpc) is 2.27. The van der Waals surface area contributed by atoms with Crippen LogP contribution in [0, 0.1) is 5.41 Å². The maximum Gasteiger partial charge on any atom is 0.321 e. The van der Waals surface area contributed by atoms with Crippen LogP contribution >= 0.6 is 0 Å². The van der Waals surface area contributed by atoms with Crippen molar-refractivity contribution in [1.82, 2.24) is 10.6 Å². The summed E-state index contributed by atoms with van der Waals surface area (Å²) in [5.74, 6) is -0.705. The molecule has 2 saturated heterocycles. The Kier molecular flexibility index (Phi) is 1.40. The van der Waals surface area contributed by atoms with Crippen molar-refractivity contribution in [2.75, 3.05) is 19.6 Å². The van der Waals surface area contributed by atoms with Gasteiger partial charge in [0.15, 0.2) is 0 Å². The van der Waals surface area contributed by atoms with E-state index in [2.05, 4.69) is 10.6 Å². The molecule has 4 heteroatoms. The van der Waals surface area contributed by atoms with Crippen LogP contribution in [0.5, 0.6) is 0 Å². The van der Waals surface area contributed by atoms with Gasteiger partial charge < -0.3 is 15.7 Å². The van der Waals surface area contributed by atoms with E-state index in [-0.39, 0.29) is 11.5 Å². The summed E-state index contributed by atoms with van der Waals surface area (Å²) in [5.41, 5.74) is 0.0336. The molecule has 2 heterocycles. The maximum atomic E-state index is 10.7. The van der Waals surface area contributed by atoms with Crippen molar-refractivity contribution in [2.24, 2.45) is 5.41 Å². The fourth-order valence-electron chi connectivity index (χ4n) is 2.00. The highest BCUT2D eigenvalue weighted by Crippen LogP contribution is 2.34. The summed E-state index contributed by atoms with van der Waals surface area (Å²) in [5, 5.41) is 15.0. The SMILES string of the molecule is O=C(O)C1NCCC12CNC2. The molecule has 2 rings (SSSR count). The topological polar surface area (TPSA) is 61.4 Å². The third kappa shape index (κ3) is 0.862. The second-order valence-corrected chi connectivity index (χ2v) is 3.44. The van der Waals surface area contributed by atoms with E-state index in [9.17, 15) is 4.79 Å². The van der Waals surface area contributed by atoms with Crippen LogP contribution in [0.25, 0.3) is 0 Å². The minimum atomic E-state index is -0.705. The Balaban J connectivity index is 2.13. The molecule has 1 unspecified atom stereocenters. The quantitative estimate of drug-likeness (QED) is 0.457. The van der Waals surface area contributed by atoms with Gasteiger partial charge in [0.1, 0.15) is 6.04 Å². The van der Waals surface area contributed by atoms with Gasteiger partial charge in [0.05, 0.1) is 0 Å². The van der Waals surface area contributed by atoms with Gasteiger partial charge in [0, 0.05) is 18.5 Å². The molecule has 62 valence electrons. The normalized spacial score (nSPS) is 33.6. The molecular formula is C7H12N2O2. The Labute approximate surface area is 65.0 Å². The Morgan fingerprint density at radius 3 is 2.64 bits per heavy atom. The van der Waals surface area contributed by atoms with E-state index < -0.39 is 5.97 Å². The first kappa shape index (κ1) is 7.06. The Morgan fingerprint density at radius 1 is 1.55 bits per heavy atom. The van der Waals surface area contributed by atoms with Gasteiger partial charge in [-0.2, -0.15) is 0 Å². The number of carbonyl (C=O) groups is 1. The lowest BCUT2D eigenvalue weighted by molar-refractivity contribution is -0.142. The van der Waals surface area contributed by atoms with Crippen LogP contribution in [-0.2, 0) is 4.79 Å². The van der Waals surface area contributed by atoms with Crippen LogP contribution in [0.1, 0.15) is 6.42 Å². The van der Waals surface area contributed by atoms with E-state index in [1.807, 2.05) is 0 Å². The summed E-state index contributed by atoms with van der Waals surface area (Å²) in [6.07, 6.45) is 0.997. The molecule has 1 spiro atoms. The molecule has 2 aliphatic heterocycles. The third-order valence-corrected chi connectivity index (χ3v) is 2.78. The second-order valence-electron chi connectivity index (χ2n) is 3.44. The molecule has 0 aliphatic carbocycles. The predicted octanol–water partition coefficient (Wildman–Crippen LogP) is -0.977. The first-order valence-corrected chi connectivity index (χ1v) is 3.92. The van der Waals surface area contributed by atoms with Crippen LogP contribution in [0.4, 0.5) is 0 Å². The lowest BCUT2D eigenvalue weighted by atomic mass is 9.75. The molecule has 0 amide bonds. The molecular weight excluding hydrogens is 144 g/mol. The van der Waals surface area contributed by atoms with Gasteiger partial charge in [0.2, 0.25) is 0 Å². The van der Waals surface area contributed by atoms with Crippen LogP contribution in [0.3, 0.4) is 0 Å². The van der Waals surface area contributed by atoms with Crippen LogP contribution in [-0.4, -0.2) is 36.8 Å². The van der Waals surface area contributed by atoms with Crippen LogP contribution < -0.4 is 10.6 Å². The molecule has 0 saturated carbocycles. The summed E-state index contributed by atoms with van der Waals surface area (Å²) >= 11 is 0. The molecule has 0 radical (unpaired) electrons. The summed E-state index contributed by atoms with van der Waals surface area (Å²) in [6.45, 7) is 2.56. The Morgan fingerprint density at radius 2 is 2.27 bits per heavy atom. The fraction of sp³-hybridized carbons (Fsp3) is 0.857. The van der Waals surface area contributed by atoms with E-state index >= 15 is 0 Å². The lowest BCUT2D eigenvalue weighted by Gasteiger charge is -2.41. The summed E-state index contributed by atoms with van der Waals surface area (Å²) in [4.78, 5) is 10.7. The number of hydrogen-bond acceptors (Lipinski definition) is 3. The molecule has 3 N–H and O–H groups in total. The van der Waals surface area contributed by atoms with Gasteiger partial charge in [0.25, 0.3) is 0 Å². The van der Waals surface area contributed by atoms with Crippen LogP contribution in [0.15, 0.2) is 0 Å². The van der Waals surface area contributed by atoms with E-state index in [4.69, 9.17) is 5.11 Å². The Bertz CT molecular complexity index is 189. The largest absolute Gasteiger partial charge is 0.480 e. The van der Waals surface area contributed by atoms with Crippen molar-refractivity contribution in [1.29, 1.82) is 0 Å². The highest BCUT2D eigenvalue weighted by Gasteiger charge is 2.50.